The third-order valence-corrected chi connectivity index (χ3v) is 8.01. The van der Waals surface area contributed by atoms with Crippen LogP contribution in [-0.4, -0.2) is 68.5 Å². The van der Waals surface area contributed by atoms with Crippen LogP contribution in [0.2, 0.25) is 0 Å². The molecule has 40 heavy (non-hydrogen) atoms. The second kappa shape index (κ2) is 8.89. The van der Waals surface area contributed by atoms with Crippen molar-refractivity contribution >= 4 is 23.2 Å². The number of hydrogen-bond acceptors (Lipinski definition) is 8. The van der Waals surface area contributed by atoms with E-state index in [4.69, 9.17) is 5.73 Å². The first kappa shape index (κ1) is 27.3. The lowest BCUT2D eigenvalue weighted by Gasteiger charge is -2.50. The van der Waals surface area contributed by atoms with Crippen LogP contribution in [0.1, 0.15) is 23.1 Å². The number of rotatable bonds is 3. The van der Waals surface area contributed by atoms with Crippen molar-refractivity contribution in [2.75, 3.05) is 14.1 Å². The number of fused-ring (bicyclic) bond motifs is 3. The minimum absolute atomic E-state index is 0.00764. The molecule has 6 N–H and O–H groups in total. The van der Waals surface area contributed by atoms with Gasteiger partial charge < -0.3 is 26.2 Å². The van der Waals surface area contributed by atoms with Gasteiger partial charge in [-0.15, -0.1) is 0 Å². The van der Waals surface area contributed by atoms with Gasteiger partial charge in [-0.3, -0.25) is 19.3 Å². The molecule has 0 unspecified atom stereocenters. The van der Waals surface area contributed by atoms with Crippen LogP contribution in [0.4, 0.5) is 13.2 Å². The van der Waals surface area contributed by atoms with Crippen LogP contribution in [-0.2, 0) is 27.0 Å². The molecule has 0 saturated heterocycles. The van der Waals surface area contributed by atoms with Gasteiger partial charge in [0.2, 0.25) is 11.5 Å². The van der Waals surface area contributed by atoms with Crippen molar-refractivity contribution in [3.8, 4) is 11.4 Å². The van der Waals surface area contributed by atoms with Crippen LogP contribution < -0.4 is 10.3 Å². The summed E-state index contributed by atoms with van der Waals surface area (Å²) in [5.41, 5.74) is 0.904. The van der Waals surface area contributed by atoms with Gasteiger partial charge in [-0.1, -0.05) is 0 Å². The van der Waals surface area contributed by atoms with Gasteiger partial charge in [-0.2, -0.15) is 17.7 Å². The Balaban J connectivity index is 1.70. The van der Waals surface area contributed by atoms with E-state index in [1.807, 2.05) is 0 Å². The second-order valence-corrected chi connectivity index (χ2v) is 10.4. The van der Waals surface area contributed by atoms with Crippen molar-refractivity contribution in [1.82, 2.24) is 4.90 Å². The summed E-state index contributed by atoms with van der Waals surface area (Å²) in [6, 6.07) is 3.15. The van der Waals surface area contributed by atoms with Gasteiger partial charge in [-0.05, 0) is 38.9 Å². The van der Waals surface area contributed by atoms with Crippen molar-refractivity contribution in [3.05, 3.63) is 70.3 Å². The molecule has 10 nitrogen and oxygen atoms in total. The number of aromatic nitrogens is 1. The van der Waals surface area contributed by atoms with Crippen LogP contribution in [0.5, 0.6) is 5.75 Å². The number of hydrogen-bond donors (Lipinski definition) is 5. The quantitative estimate of drug-likeness (QED) is 0.277. The molecule has 1 fully saturated rings. The van der Waals surface area contributed by atoms with Gasteiger partial charge in [0, 0.05) is 35.3 Å². The van der Waals surface area contributed by atoms with Gasteiger partial charge in [0.1, 0.15) is 22.8 Å². The Labute approximate surface area is 225 Å². The van der Waals surface area contributed by atoms with Gasteiger partial charge in [-0.25, -0.2) is 0 Å². The molecule has 0 bridgehead atoms. The van der Waals surface area contributed by atoms with Crippen molar-refractivity contribution in [2.24, 2.45) is 17.6 Å². The lowest BCUT2D eigenvalue weighted by Crippen LogP contribution is -2.65. The second-order valence-electron chi connectivity index (χ2n) is 10.4. The summed E-state index contributed by atoms with van der Waals surface area (Å²) in [5.74, 6) is -7.74. The number of benzene rings is 1. The molecule has 0 radical (unpaired) electrons. The molecule has 210 valence electrons. The Morgan fingerprint density at radius 2 is 1.73 bits per heavy atom. The topological polar surface area (TPSA) is 165 Å². The number of phenolic OH excluding ortho intramolecular Hbond substituents is 1. The summed E-state index contributed by atoms with van der Waals surface area (Å²) in [6.45, 7) is 0. The first-order valence-corrected chi connectivity index (χ1v) is 12.2. The number of nitrogens with zero attached hydrogens (tertiary/aromatic N) is 2. The van der Waals surface area contributed by atoms with Gasteiger partial charge in [0.25, 0.3) is 5.91 Å². The highest BCUT2D eigenvalue weighted by molar-refractivity contribution is 6.24. The molecule has 4 atom stereocenters. The van der Waals surface area contributed by atoms with E-state index in [1.165, 1.54) is 48.1 Å². The van der Waals surface area contributed by atoms with Gasteiger partial charge >= 0.3 is 6.18 Å². The molecule has 5 rings (SSSR count). The van der Waals surface area contributed by atoms with E-state index in [0.29, 0.717) is 11.3 Å². The number of phenols is 1. The van der Waals surface area contributed by atoms with Crippen molar-refractivity contribution in [3.63, 3.8) is 0 Å². The fourth-order valence-corrected chi connectivity index (χ4v) is 6.25. The molecule has 1 heterocycles. The number of ketones is 2. The Morgan fingerprint density at radius 1 is 1.10 bits per heavy atom. The minimum Gasteiger partial charge on any atom is -0.508 e. The summed E-state index contributed by atoms with van der Waals surface area (Å²) < 4.78 is 40.6. The standard InChI is InChI=1S/C27H24F3N3O7/c1-32(2)20-14-10-11-9-13-15(33-7-5-12(6-8-33)27(28,29)30)3-4-16(34)18(13)21(35)17(11)23(37)26(14,40)24(38)19(22(20)36)25(31)39/h3-8,11,14,20,40H,9-10H2,1-2H3,(H4-,31,34,35,36,37,38,39)/p+1/t11-,14-,20-,26-/m0/s1. The number of aliphatic hydroxyl groups excluding tert-OH is 2. The molecule has 13 heteroatoms. The number of aliphatic hydroxyl groups is 3. The number of pyridine rings is 1. The fourth-order valence-electron chi connectivity index (χ4n) is 6.25. The summed E-state index contributed by atoms with van der Waals surface area (Å²) in [5, 5.41) is 44.4. The van der Waals surface area contributed by atoms with Gasteiger partial charge in [0.15, 0.2) is 23.8 Å². The summed E-state index contributed by atoms with van der Waals surface area (Å²) in [7, 11) is 2.98. The maximum Gasteiger partial charge on any atom is 0.416 e. The Kier molecular flexibility index (Phi) is 6.08. The number of alkyl halides is 3. The van der Waals surface area contributed by atoms with E-state index in [2.05, 4.69) is 0 Å². The first-order valence-electron chi connectivity index (χ1n) is 12.2. The number of amides is 1. The normalized spacial score (nSPS) is 26.5. The molecular weight excluding hydrogens is 535 g/mol. The first-order chi connectivity index (χ1) is 18.6. The van der Waals surface area contributed by atoms with Crippen LogP contribution in [0, 0.1) is 11.8 Å². The van der Waals surface area contributed by atoms with Crippen molar-refractivity contribution in [2.45, 2.75) is 30.7 Å². The van der Waals surface area contributed by atoms with Crippen LogP contribution in [0.25, 0.3) is 11.4 Å². The average Bonchev–Trinajstić information content (AvgIpc) is 2.85. The molecule has 3 aliphatic rings. The smallest absolute Gasteiger partial charge is 0.416 e. The zero-order chi connectivity index (χ0) is 29.5. The van der Waals surface area contributed by atoms with Crippen molar-refractivity contribution < 1.29 is 52.5 Å². The number of aromatic hydroxyl groups is 1. The molecule has 0 spiro atoms. The lowest BCUT2D eigenvalue weighted by molar-refractivity contribution is -0.596. The zero-order valence-corrected chi connectivity index (χ0v) is 21.2. The van der Waals surface area contributed by atoms with E-state index < -0.39 is 75.5 Å². The molecule has 1 aromatic heterocycles. The predicted molar refractivity (Wildman–Crippen MR) is 131 cm³/mol. The number of likely N-dealkylation sites (N-methyl/N-ethyl adjacent to an activating group) is 1. The van der Waals surface area contributed by atoms with E-state index >= 15 is 0 Å². The molecular formula is C27H25F3N3O7+. The zero-order valence-electron chi connectivity index (χ0n) is 21.2. The maximum absolute atomic E-state index is 13.8. The summed E-state index contributed by atoms with van der Waals surface area (Å²) in [6.07, 6.45) is -2.33. The monoisotopic (exact) mass is 560 g/mol. The molecule has 1 aromatic carbocycles. The average molecular weight is 561 g/mol. The Bertz CT molecular complexity index is 1550. The Morgan fingerprint density at radius 3 is 2.27 bits per heavy atom. The highest BCUT2D eigenvalue weighted by Gasteiger charge is 2.64. The van der Waals surface area contributed by atoms with Crippen LogP contribution in [0.3, 0.4) is 0 Å². The van der Waals surface area contributed by atoms with Gasteiger partial charge in [0.05, 0.1) is 17.2 Å². The lowest BCUT2D eigenvalue weighted by atomic mass is 9.57. The fraction of sp³-hybridized carbons (Fsp3) is 0.333. The SMILES string of the molecule is CN(C)[C@@H]1C(=O)C(C(N)=O)=C(O)[C@@]2(O)C(=O)C3=C(O)c4c(O)ccc(-[n+]5ccc(C(F)(F)F)cc5)c4C[C@H]3C[C@@H]12. The predicted octanol–water partition coefficient (Wildman–Crippen LogP) is 1.26. The van der Waals surface area contributed by atoms with Crippen LogP contribution in [0.15, 0.2) is 53.6 Å². The minimum atomic E-state index is -4.56. The molecule has 3 aliphatic carbocycles. The number of carbonyl (C=O) groups excluding carboxylic acids is 3. The van der Waals surface area contributed by atoms with E-state index in [1.54, 1.807) is 0 Å². The van der Waals surface area contributed by atoms with Crippen LogP contribution >= 0.6 is 0 Å². The molecule has 2 aromatic rings. The number of halogens is 3. The van der Waals surface area contributed by atoms with E-state index in [9.17, 15) is 48.0 Å². The Hall–Kier alpha value is -4.23. The molecule has 0 aliphatic heterocycles. The van der Waals surface area contributed by atoms with Crippen molar-refractivity contribution in [1.29, 1.82) is 0 Å². The molecule has 1 saturated carbocycles. The third-order valence-electron chi connectivity index (χ3n) is 8.01. The van der Waals surface area contributed by atoms with E-state index in [0.717, 1.165) is 12.1 Å². The number of carbonyl (C=O) groups is 3. The third kappa shape index (κ3) is 3.72. The summed E-state index contributed by atoms with van der Waals surface area (Å²) >= 11 is 0. The maximum atomic E-state index is 13.8. The molecule has 1 amide bonds. The number of nitrogens with two attached hydrogens (primary N) is 1. The van der Waals surface area contributed by atoms with E-state index in [-0.39, 0.29) is 24.0 Å². The largest absolute Gasteiger partial charge is 0.508 e. The number of Topliss-reactive ketones (excluding diaryl/α,β-unsaturated/α-hetero) is 2. The summed E-state index contributed by atoms with van der Waals surface area (Å²) in [4.78, 5) is 40.5. The highest BCUT2D eigenvalue weighted by atomic mass is 19.4. The number of primary amides is 1. The highest BCUT2D eigenvalue weighted by Crippen LogP contribution is 2.53.